The Hall–Kier alpha value is -2.11. The van der Waals surface area contributed by atoms with Crippen molar-refractivity contribution in [3.05, 3.63) is 34.4 Å². The highest BCUT2D eigenvalue weighted by Gasteiger charge is 2.42. The van der Waals surface area contributed by atoms with E-state index < -0.39 is 10.3 Å². The lowest BCUT2D eigenvalue weighted by Crippen LogP contribution is -2.37. The molecule has 0 aromatic heterocycles. The van der Waals surface area contributed by atoms with Crippen LogP contribution in [0.5, 0.6) is 0 Å². The molecule has 1 N–H and O–H groups in total. The first-order chi connectivity index (χ1) is 10.1. The van der Waals surface area contributed by atoms with Crippen LogP contribution in [0.1, 0.15) is 32.6 Å². The minimum atomic E-state index is -0.556. The van der Waals surface area contributed by atoms with Gasteiger partial charge in [-0.25, -0.2) is 0 Å². The highest BCUT2D eigenvalue weighted by Crippen LogP contribution is 2.40. The molecule has 1 fully saturated rings. The molecule has 21 heavy (non-hydrogen) atoms. The fourth-order valence-electron chi connectivity index (χ4n) is 2.84. The van der Waals surface area contributed by atoms with Gasteiger partial charge in [0.05, 0.1) is 16.9 Å². The van der Waals surface area contributed by atoms with E-state index in [0.29, 0.717) is 18.8 Å². The van der Waals surface area contributed by atoms with Crippen LogP contribution in [0.4, 0.5) is 11.4 Å². The fraction of sp³-hybridized carbons (Fsp3) is 0.533. The molecular weight excluding hydrogens is 272 g/mol. The lowest BCUT2D eigenvalue weighted by atomic mass is 9.86. The maximum atomic E-state index is 12.2. The van der Waals surface area contributed by atoms with E-state index in [4.69, 9.17) is 4.74 Å². The van der Waals surface area contributed by atoms with Crippen LogP contribution in [0, 0.1) is 15.5 Å². The summed E-state index contributed by atoms with van der Waals surface area (Å²) in [5, 5.41) is 14.1. The highest BCUT2D eigenvalue weighted by atomic mass is 16.6. The summed E-state index contributed by atoms with van der Waals surface area (Å²) in [6, 6.07) is 6.47. The lowest BCUT2D eigenvalue weighted by molar-refractivity contribution is -0.384. The number of carbonyl (C=O) groups excluding carboxylic acids is 1. The van der Waals surface area contributed by atoms with Crippen molar-refractivity contribution in [1.29, 1.82) is 0 Å². The molecule has 0 amide bonds. The van der Waals surface area contributed by atoms with E-state index in [-0.39, 0.29) is 11.7 Å². The van der Waals surface area contributed by atoms with Crippen molar-refractivity contribution in [2.45, 2.75) is 32.6 Å². The minimum Gasteiger partial charge on any atom is -0.466 e. The van der Waals surface area contributed by atoms with Crippen molar-refractivity contribution in [3.63, 3.8) is 0 Å². The van der Waals surface area contributed by atoms with Gasteiger partial charge < -0.3 is 10.1 Å². The Bertz CT molecular complexity index is 524. The Labute approximate surface area is 123 Å². The molecule has 0 heterocycles. The number of nitrogens with zero attached hydrogens (tertiary/aromatic N) is 1. The number of hydrogen-bond donors (Lipinski definition) is 1. The van der Waals surface area contributed by atoms with Gasteiger partial charge in [0, 0.05) is 12.6 Å². The summed E-state index contributed by atoms with van der Waals surface area (Å²) in [7, 11) is 0. The molecule has 1 aromatic rings. The number of esters is 1. The molecule has 0 bridgehead atoms. The van der Waals surface area contributed by atoms with Gasteiger partial charge in [-0.2, -0.15) is 0 Å². The summed E-state index contributed by atoms with van der Waals surface area (Å²) < 4.78 is 5.18. The molecule has 0 saturated heterocycles. The molecule has 0 aliphatic heterocycles. The van der Waals surface area contributed by atoms with Gasteiger partial charge in [-0.1, -0.05) is 25.0 Å². The van der Waals surface area contributed by atoms with E-state index in [2.05, 4.69) is 5.32 Å². The molecule has 1 aliphatic rings. The first-order valence-electron chi connectivity index (χ1n) is 7.23. The van der Waals surface area contributed by atoms with Crippen molar-refractivity contribution in [2.24, 2.45) is 5.41 Å². The molecule has 1 aromatic carbocycles. The van der Waals surface area contributed by atoms with Gasteiger partial charge in [0.1, 0.15) is 5.69 Å². The molecule has 1 saturated carbocycles. The molecule has 2 rings (SSSR count). The van der Waals surface area contributed by atoms with Crippen LogP contribution in [0.3, 0.4) is 0 Å². The van der Waals surface area contributed by atoms with E-state index in [1.807, 2.05) is 0 Å². The Morgan fingerprint density at radius 1 is 1.38 bits per heavy atom. The van der Waals surface area contributed by atoms with E-state index >= 15 is 0 Å². The Balaban J connectivity index is 2.13. The topological polar surface area (TPSA) is 81.5 Å². The van der Waals surface area contributed by atoms with Gasteiger partial charge in [0.25, 0.3) is 5.69 Å². The summed E-state index contributed by atoms with van der Waals surface area (Å²) >= 11 is 0. The van der Waals surface area contributed by atoms with Gasteiger partial charge in [-0.3, -0.25) is 14.9 Å². The third kappa shape index (κ3) is 3.32. The second-order valence-electron chi connectivity index (χ2n) is 5.34. The van der Waals surface area contributed by atoms with E-state index in [0.717, 1.165) is 25.7 Å². The van der Waals surface area contributed by atoms with Crippen molar-refractivity contribution >= 4 is 17.3 Å². The molecule has 1 aliphatic carbocycles. The van der Waals surface area contributed by atoms with Gasteiger partial charge in [-0.15, -0.1) is 0 Å². The molecule has 0 radical (unpaired) electrons. The Kier molecular flexibility index (Phi) is 4.77. The standard InChI is InChI=1S/C15H20N2O4/c1-2-21-14(18)15(9-5-6-10-15)11-16-12-7-3-4-8-13(12)17(19)20/h3-4,7-8,16H,2,5-6,9-11H2,1H3. The summed E-state index contributed by atoms with van der Waals surface area (Å²) in [4.78, 5) is 22.8. The molecule has 0 unspecified atom stereocenters. The number of rotatable bonds is 6. The lowest BCUT2D eigenvalue weighted by Gasteiger charge is -2.27. The molecule has 114 valence electrons. The summed E-state index contributed by atoms with van der Waals surface area (Å²) in [5.41, 5.74) is -0.0905. The first-order valence-corrected chi connectivity index (χ1v) is 7.23. The van der Waals surface area contributed by atoms with E-state index in [1.165, 1.54) is 6.07 Å². The third-order valence-corrected chi connectivity index (χ3v) is 3.99. The molecule has 0 spiro atoms. The van der Waals surface area contributed by atoms with Crippen LogP contribution < -0.4 is 5.32 Å². The number of nitro benzene ring substituents is 1. The highest BCUT2D eigenvalue weighted by molar-refractivity contribution is 5.78. The van der Waals surface area contributed by atoms with Gasteiger partial charge >= 0.3 is 5.97 Å². The molecule has 0 atom stereocenters. The molecular formula is C15H20N2O4. The second kappa shape index (κ2) is 6.56. The van der Waals surface area contributed by atoms with Crippen LogP contribution in [0.2, 0.25) is 0 Å². The zero-order valence-corrected chi connectivity index (χ0v) is 12.1. The number of para-hydroxylation sites is 2. The van der Waals surface area contributed by atoms with Crippen LogP contribution in [-0.2, 0) is 9.53 Å². The fourth-order valence-corrected chi connectivity index (χ4v) is 2.84. The number of anilines is 1. The summed E-state index contributed by atoms with van der Waals surface area (Å²) in [5.74, 6) is -0.200. The predicted octanol–water partition coefficient (Wildman–Crippen LogP) is 3.13. The van der Waals surface area contributed by atoms with Crippen molar-refractivity contribution < 1.29 is 14.5 Å². The Morgan fingerprint density at radius 3 is 2.67 bits per heavy atom. The average Bonchev–Trinajstić information content (AvgIpc) is 2.96. The number of carbonyl (C=O) groups is 1. The number of nitrogens with one attached hydrogen (secondary N) is 1. The predicted molar refractivity (Wildman–Crippen MR) is 79.1 cm³/mol. The zero-order valence-electron chi connectivity index (χ0n) is 12.1. The van der Waals surface area contributed by atoms with Gasteiger partial charge in [-0.05, 0) is 25.8 Å². The SMILES string of the molecule is CCOC(=O)C1(CNc2ccccc2[N+](=O)[O-])CCCC1. The minimum absolute atomic E-state index is 0.0227. The van der Waals surface area contributed by atoms with Crippen molar-refractivity contribution in [1.82, 2.24) is 0 Å². The normalized spacial score (nSPS) is 16.4. The molecule has 6 heteroatoms. The maximum Gasteiger partial charge on any atom is 0.313 e. The van der Waals surface area contributed by atoms with Crippen molar-refractivity contribution in [3.8, 4) is 0 Å². The van der Waals surface area contributed by atoms with Crippen molar-refractivity contribution in [2.75, 3.05) is 18.5 Å². The van der Waals surface area contributed by atoms with Gasteiger partial charge in [0.2, 0.25) is 0 Å². The first kappa shape index (κ1) is 15.3. The maximum absolute atomic E-state index is 12.2. The largest absolute Gasteiger partial charge is 0.466 e. The Morgan fingerprint density at radius 2 is 2.05 bits per heavy atom. The van der Waals surface area contributed by atoms with Crippen LogP contribution in [0.25, 0.3) is 0 Å². The van der Waals surface area contributed by atoms with Crippen LogP contribution >= 0.6 is 0 Å². The monoisotopic (exact) mass is 292 g/mol. The number of ether oxygens (including phenoxy) is 1. The quantitative estimate of drug-likeness (QED) is 0.495. The summed E-state index contributed by atoms with van der Waals surface area (Å²) in [6.45, 7) is 2.51. The van der Waals surface area contributed by atoms with Crippen LogP contribution in [0.15, 0.2) is 24.3 Å². The number of nitro groups is 1. The zero-order chi connectivity index (χ0) is 15.3. The third-order valence-electron chi connectivity index (χ3n) is 3.99. The molecule has 6 nitrogen and oxygen atoms in total. The summed E-state index contributed by atoms with van der Waals surface area (Å²) in [6.07, 6.45) is 3.49. The number of benzene rings is 1. The average molecular weight is 292 g/mol. The van der Waals surface area contributed by atoms with E-state index in [1.54, 1.807) is 25.1 Å². The van der Waals surface area contributed by atoms with Gasteiger partial charge in [0.15, 0.2) is 0 Å². The van der Waals surface area contributed by atoms with E-state index in [9.17, 15) is 14.9 Å². The smallest absolute Gasteiger partial charge is 0.313 e. The van der Waals surface area contributed by atoms with Crippen LogP contribution in [-0.4, -0.2) is 24.0 Å². The number of hydrogen-bond acceptors (Lipinski definition) is 5. The second-order valence-corrected chi connectivity index (χ2v) is 5.34.